The summed E-state index contributed by atoms with van der Waals surface area (Å²) >= 11 is 0. The van der Waals surface area contributed by atoms with Gasteiger partial charge in [-0.15, -0.1) is 0 Å². The average molecular weight is 239 g/mol. The molecule has 0 atom stereocenters. The van der Waals surface area contributed by atoms with Crippen LogP contribution >= 0.6 is 0 Å². The van der Waals surface area contributed by atoms with Gasteiger partial charge in [0.05, 0.1) is 5.56 Å². The smallest absolute Gasteiger partial charge is 0.335 e. The second-order valence-corrected chi connectivity index (χ2v) is 3.84. The minimum absolute atomic E-state index is 0.0940. The van der Waals surface area contributed by atoms with Crippen LogP contribution in [-0.4, -0.2) is 27.6 Å². The van der Waals surface area contributed by atoms with Crippen molar-refractivity contribution in [3.8, 4) is 0 Å². The summed E-state index contributed by atoms with van der Waals surface area (Å²) in [6.07, 6.45) is -0.448. The molecule has 0 unspecified atom stereocenters. The fraction of sp³-hybridized carbons (Fsp3) is 0.417. The van der Waals surface area contributed by atoms with Crippen LogP contribution in [0.4, 0.5) is 5.69 Å². The van der Waals surface area contributed by atoms with Gasteiger partial charge in [-0.3, -0.25) is 0 Å². The Balaban J connectivity index is 3.19. The summed E-state index contributed by atoms with van der Waals surface area (Å²) in [6.45, 7) is 1.89. The van der Waals surface area contributed by atoms with E-state index in [-0.39, 0.29) is 18.4 Å². The van der Waals surface area contributed by atoms with E-state index in [1.54, 1.807) is 6.07 Å². The highest BCUT2D eigenvalue weighted by Gasteiger charge is 2.16. The first-order valence-corrected chi connectivity index (χ1v) is 5.47. The van der Waals surface area contributed by atoms with Gasteiger partial charge in [-0.05, 0) is 36.1 Å². The van der Waals surface area contributed by atoms with Gasteiger partial charge in [-0.1, -0.05) is 6.92 Å². The third-order valence-electron chi connectivity index (χ3n) is 2.70. The number of carboxylic acids is 1. The van der Waals surface area contributed by atoms with Crippen molar-refractivity contribution < 1.29 is 20.1 Å². The summed E-state index contributed by atoms with van der Waals surface area (Å²) in [5, 5.41) is 26.8. The lowest BCUT2D eigenvalue weighted by atomic mass is 9.94. The molecule has 0 aliphatic carbocycles. The number of aromatic carboxylic acids is 1. The Morgan fingerprint density at radius 1 is 1.35 bits per heavy atom. The number of nitrogen functional groups attached to an aromatic ring is 1. The predicted octanol–water partition coefficient (Wildman–Crippen LogP) is 0.773. The van der Waals surface area contributed by atoms with Crippen molar-refractivity contribution in [1.29, 1.82) is 0 Å². The van der Waals surface area contributed by atoms with Crippen LogP contribution in [0.1, 0.15) is 34.8 Å². The highest BCUT2D eigenvalue weighted by atomic mass is 16.5. The maximum atomic E-state index is 11.1. The van der Waals surface area contributed by atoms with Gasteiger partial charge in [-0.2, -0.15) is 0 Å². The van der Waals surface area contributed by atoms with Crippen LogP contribution in [0.2, 0.25) is 0 Å². The van der Waals surface area contributed by atoms with Crippen molar-refractivity contribution in [3.05, 3.63) is 28.8 Å². The number of carboxylic acid groups (broad SMARTS) is 1. The second-order valence-electron chi connectivity index (χ2n) is 3.84. The number of hydrogen-bond acceptors (Lipinski definition) is 4. The number of aliphatic hydroxyl groups excluding tert-OH is 1. The average Bonchev–Trinajstić information content (AvgIpc) is 2.25. The van der Waals surface area contributed by atoms with E-state index in [9.17, 15) is 4.79 Å². The summed E-state index contributed by atoms with van der Waals surface area (Å²) in [5.41, 5.74) is 7.87. The molecule has 5 heteroatoms. The number of aliphatic hydroxyl groups is 2. The van der Waals surface area contributed by atoms with Gasteiger partial charge in [0.15, 0.2) is 6.29 Å². The van der Waals surface area contributed by atoms with Gasteiger partial charge in [0.2, 0.25) is 0 Å². The Morgan fingerprint density at radius 2 is 2.00 bits per heavy atom. The van der Waals surface area contributed by atoms with Gasteiger partial charge < -0.3 is 21.1 Å². The molecule has 17 heavy (non-hydrogen) atoms. The molecule has 0 aliphatic rings. The molecule has 94 valence electrons. The number of nitrogens with two attached hydrogens (primary N) is 1. The molecule has 0 saturated carbocycles. The number of benzene rings is 1. The Kier molecular flexibility index (Phi) is 4.48. The molecule has 0 fully saturated rings. The van der Waals surface area contributed by atoms with Gasteiger partial charge in [-0.25, -0.2) is 4.79 Å². The lowest BCUT2D eigenvalue weighted by molar-refractivity contribution is -0.0447. The summed E-state index contributed by atoms with van der Waals surface area (Å²) in [4.78, 5) is 11.1. The number of rotatable bonds is 5. The normalized spacial score (nSPS) is 10.8. The molecule has 0 bridgehead atoms. The SMILES string of the molecule is CCc1c(N)ccc(C(=O)O)c1CCC(O)O. The molecule has 0 amide bonds. The number of carbonyl (C=O) groups is 1. The van der Waals surface area contributed by atoms with E-state index in [2.05, 4.69) is 0 Å². The van der Waals surface area contributed by atoms with E-state index in [4.69, 9.17) is 21.1 Å². The summed E-state index contributed by atoms with van der Waals surface area (Å²) in [6, 6.07) is 3.02. The fourth-order valence-electron chi connectivity index (χ4n) is 1.89. The van der Waals surface area contributed by atoms with Gasteiger partial charge in [0.25, 0.3) is 0 Å². The van der Waals surface area contributed by atoms with E-state index >= 15 is 0 Å². The standard InChI is InChI=1S/C12H17NO4/c1-2-7-8(4-6-11(14)15)9(12(16)17)3-5-10(7)13/h3,5,11,14-15H,2,4,6,13H2,1H3,(H,16,17). The molecule has 1 aromatic carbocycles. The molecular formula is C12H17NO4. The molecule has 0 aliphatic heterocycles. The van der Waals surface area contributed by atoms with Crippen LogP contribution in [0.3, 0.4) is 0 Å². The number of anilines is 1. The third-order valence-corrected chi connectivity index (χ3v) is 2.70. The Hall–Kier alpha value is -1.59. The molecule has 0 heterocycles. The lowest BCUT2D eigenvalue weighted by Gasteiger charge is -2.14. The Labute approximate surface area is 99.5 Å². The molecule has 0 spiro atoms. The van der Waals surface area contributed by atoms with Crippen molar-refractivity contribution in [2.24, 2.45) is 0 Å². The van der Waals surface area contributed by atoms with Crippen molar-refractivity contribution in [1.82, 2.24) is 0 Å². The van der Waals surface area contributed by atoms with Crippen LogP contribution in [0.15, 0.2) is 12.1 Å². The van der Waals surface area contributed by atoms with Crippen molar-refractivity contribution in [2.45, 2.75) is 32.5 Å². The van der Waals surface area contributed by atoms with Crippen LogP contribution in [0, 0.1) is 0 Å². The van der Waals surface area contributed by atoms with Crippen molar-refractivity contribution in [3.63, 3.8) is 0 Å². The predicted molar refractivity (Wildman–Crippen MR) is 63.7 cm³/mol. The fourth-order valence-corrected chi connectivity index (χ4v) is 1.89. The first-order chi connectivity index (χ1) is 7.97. The largest absolute Gasteiger partial charge is 0.478 e. The Bertz CT molecular complexity index is 415. The lowest BCUT2D eigenvalue weighted by Crippen LogP contribution is -2.12. The maximum Gasteiger partial charge on any atom is 0.335 e. The van der Waals surface area contributed by atoms with Crippen molar-refractivity contribution >= 4 is 11.7 Å². The molecular weight excluding hydrogens is 222 g/mol. The van der Waals surface area contributed by atoms with Gasteiger partial charge in [0.1, 0.15) is 0 Å². The molecule has 0 aromatic heterocycles. The zero-order valence-corrected chi connectivity index (χ0v) is 9.68. The monoisotopic (exact) mass is 239 g/mol. The second kappa shape index (κ2) is 5.65. The highest BCUT2D eigenvalue weighted by molar-refractivity contribution is 5.90. The molecule has 1 rings (SSSR count). The first kappa shape index (κ1) is 13.5. The van der Waals surface area contributed by atoms with E-state index in [0.717, 1.165) is 5.56 Å². The quantitative estimate of drug-likeness (QED) is 0.449. The van der Waals surface area contributed by atoms with Crippen LogP contribution in [0.5, 0.6) is 0 Å². The minimum atomic E-state index is -1.44. The van der Waals surface area contributed by atoms with Crippen LogP contribution in [0.25, 0.3) is 0 Å². The first-order valence-electron chi connectivity index (χ1n) is 5.47. The highest BCUT2D eigenvalue weighted by Crippen LogP contribution is 2.24. The zero-order valence-electron chi connectivity index (χ0n) is 9.68. The van der Waals surface area contributed by atoms with Crippen LogP contribution < -0.4 is 5.73 Å². The molecule has 1 aromatic rings. The number of hydrogen-bond donors (Lipinski definition) is 4. The van der Waals surface area contributed by atoms with Crippen LogP contribution in [-0.2, 0) is 12.8 Å². The third kappa shape index (κ3) is 3.18. The molecule has 5 N–H and O–H groups in total. The molecule has 0 radical (unpaired) electrons. The summed E-state index contributed by atoms with van der Waals surface area (Å²) in [5.74, 6) is -1.03. The van der Waals surface area contributed by atoms with Crippen molar-refractivity contribution in [2.75, 3.05) is 5.73 Å². The van der Waals surface area contributed by atoms with E-state index in [1.165, 1.54) is 6.07 Å². The summed E-state index contributed by atoms with van der Waals surface area (Å²) in [7, 11) is 0. The minimum Gasteiger partial charge on any atom is -0.478 e. The molecule has 5 nitrogen and oxygen atoms in total. The molecule has 0 saturated heterocycles. The van der Waals surface area contributed by atoms with Gasteiger partial charge in [0, 0.05) is 12.1 Å². The topological polar surface area (TPSA) is 104 Å². The van der Waals surface area contributed by atoms with E-state index < -0.39 is 12.3 Å². The Morgan fingerprint density at radius 3 is 2.47 bits per heavy atom. The van der Waals surface area contributed by atoms with E-state index in [1.807, 2.05) is 6.92 Å². The maximum absolute atomic E-state index is 11.1. The van der Waals surface area contributed by atoms with E-state index in [0.29, 0.717) is 17.7 Å². The summed E-state index contributed by atoms with van der Waals surface area (Å²) < 4.78 is 0. The van der Waals surface area contributed by atoms with Gasteiger partial charge >= 0.3 is 5.97 Å². The zero-order chi connectivity index (χ0) is 13.0.